The topological polar surface area (TPSA) is 65.2 Å². The van der Waals surface area contributed by atoms with Gasteiger partial charge in [0, 0.05) is 10.0 Å². The molecular weight excluding hydrogens is 332 g/mol. The number of methoxy groups -OCH3 is 1. The van der Waals surface area contributed by atoms with E-state index in [4.69, 9.17) is 17.3 Å². The predicted molar refractivity (Wildman–Crippen MR) is 78.1 cm³/mol. The van der Waals surface area contributed by atoms with Crippen molar-refractivity contribution < 1.29 is 9.53 Å². The summed E-state index contributed by atoms with van der Waals surface area (Å²) < 4.78 is 5.58. The third kappa shape index (κ3) is 2.88. The Kier molecular flexibility index (Phi) is 4.07. The quantitative estimate of drug-likeness (QED) is 0.849. The van der Waals surface area contributed by atoms with E-state index in [2.05, 4.69) is 25.7 Å². The molecule has 6 heteroatoms. The molecule has 4 nitrogen and oxygen atoms in total. The molecule has 1 aromatic heterocycles. The molecule has 0 aliphatic carbocycles. The average Bonchev–Trinajstić information content (AvgIpc) is 2.41. The predicted octanol–water partition coefficient (Wildman–Crippen LogP) is 3.53. The van der Waals surface area contributed by atoms with Crippen LogP contribution in [0.4, 0.5) is 5.69 Å². The summed E-state index contributed by atoms with van der Waals surface area (Å²) in [4.78, 5) is 15.8. The van der Waals surface area contributed by atoms with Gasteiger partial charge in [0.05, 0.1) is 23.5 Å². The van der Waals surface area contributed by atoms with Gasteiger partial charge >= 0.3 is 5.97 Å². The van der Waals surface area contributed by atoms with E-state index in [-0.39, 0.29) is 16.4 Å². The second kappa shape index (κ2) is 5.59. The summed E-state index contributed by atoms with van der Waals surface area (Å²) in [6.45, 7) is 0. The fourth-order valence-electron chi connectivity index (χ4n) is 1.55. The van der Waals surface area contributed by atoms with E-state index in [1.165, 1.54) is 7.11 Å². The second-order valence-electron chi connectivity index (χ2n) is 3.76. The van der Waals surface area contributed by atoms with Gasteiger partial charge in [0.1, 0.15) is 0 Å². The second-order valence-corrected chi connectivity index (χ2v) is 5.05. The van der Waals surface area contributed by atoms with Crippen molar-refractivity contribution in [1.82, 2.24) is 4.98 Å². The first-order valence-electron chi connectivity index (χ1n) is 5.33. The van der Waals surface area contributed by atoms with Crippen LogP contribution in [0.5, 0.6) is 0 Å². The van der Waals surface area contributed by atoms with E-state index >= 15 is 0 Å². The SMILES string of the molecule is COC(=O)c1nc(-c2ccc(Br)cc2)cc(N)c1Cl. The number of carbonyl (C=O) groups excluding carboxylic acids is 1. The number of rotatable bonds is 2. The van der Waals surface area contributed by atoms with Crippen molar-refractivity contribution in [3.05, 3.63) is 45.5 Å². The molecule has 0 fully saturated rings. The molecule has 1 aromatic carbocycles. The molecule has 0 radical (unpaired) electrons. The Morgan fingerprint density at radius 2 is 2.00 bits per heavy atom. The van der Waals surface area contributed by atoms with E-state index in [0.717, 1.165) is 10.0 Å². The minimum Gasteiger partial charge on any atom is -0.464 e. The lowest BCUT2D eigenvalue weighted by Crippen LogP contribution is -2.08. The van der Waals surface area contributed by atoms with Crippen molar-refractivity contribution >= 4 is 39.2 Å². The summed E-state index contributed by atoms with van der Waals surface area (Å²) in [5, 5.41) is 0.104. The van der Waals surface area contributed by atoms with Gasteiger partial charge in [-0.05, 0) is 18.2 Å². The van der Waals surface area contributed by atoms with Crippen LogP contribution in [0.2, 0.25) is 5.02 Å². The molecule has 0 bridgehead atoms. The maximum atomic E-state index is 11.6. The number of halogens is 2. The summed E-state index contributed by atoms with van der Waals surface area (Å²) in [5.41, 5.74) is 7.49. The van der Waals surface area contributed by atoms with Crippen molar-refractivity contribution in [1.29, 1.82) is 0 Å². The highest BCUT2D eigenvalue weighted by Gasteiger charge is 2.17. The fraction of sp³-hybridized carbons (Fsp3) is 0.0769. The molecule has 0 unspecified atom stereocenters. The Bertz CT molecular complexity index is 629. The molecule has 19 heavy (non-hydrogen) atoms. The van der Waals surface area contributed by atoms with E-state index < -0.39 is 5.97 Å². The summed E-state index contributed by atoms with van der Waals surface area (Å²) in [6.07, 6.45) is 0. The number of pyridine rings is 1. The monoisotopic (exact) mass is 340 g/mol. The number of esters is 1. The maximum Gasteiger partial charge on any atom is 0.358 e. The lowest BCUT2D eigenvalue weighted by atomic mass is 10.1. The number of hydrogen-bond donors (Lipinski definition) is 1. The van der Waals surface area contributed by atoms with Gasteiger partial charge in [-0.25, -0.2) is 9.78 Å². The molecule has 0 saturated heterocycles. The van der Waals surface area contributed by atoms with Gasteiger partial charge in [-0.1, -0.05) is 39.7 Å². The number of benzene rings is 1. The smallest absolute Gasteiger partial charge is 0.358 e. The minimum absolute atomic E-state index is 0.0158. The van der Waals surface area contributed by atoms with Crippen LogP contribution >= 0.6 is 27.5 Å². The number of ether oxygens (including phenoxy) is 1. The van der Waals surface area contributed by atoms with Gasteiger partial charge in [-0.3, -0.25) is 0 Å². The number of hydrogen-bond acceptors (Lipinski definition) is 4. The Labute approximate surface area is 123 Å². The standard InChI is InChI=1S/C13H10BrClN2O2/c1-19-13(18)12-11(15)9(16)6-10(17-12)7-2-4-8(14)5-3-7/h2-6H,1H3,(H2,16,17). The Balaban J connectivity index is 2.56. The summed E-state index contributed by atoms with van der Waals surface area (Å²) in [6, 6.07) is 9.10. The van der Waals surface area contributed by atoms with Gasteiger partial charge in [0.15, 0.2) is 5.69 Å². The third-order valence-electron chi connectivity index (χ3n) is 2.50. The van der Waals surface area contributed by atoms with E-state index in [1.807, 2.05) is 24.3 Å². The van der Waals surface area contributed by atoms with Crippen molar-refractivity contribution in [3.8, 4) is 11.3 Å². The Morgan fingerprint density at radius 1 is 1.37 bits per heavy atom. The lowest BCUT2D eigenvalue weighted by molar-refractivity contribution is 0.0594. The van der Waals surface area contributed by atoms with E-state index in [9.17, 15) is 4.79 Å². The van der Waals surface area contributed by atoms with Crippen LogP contribution in [0.3, 0.4) is 0 Å². The van der Waals surface area contributed by atoms with Gasteiger partial charge in [-0.2, -0.15) is 0 Å². The molecule has 0 saturated carbocycles. The zero-order valence-electron chi connectivity index (χ0n) is 9.98. The molecule has 0 aliphatic rings. The Hall–Kier alpha value is -1.59. The first-order chi connectivity index (χ1) is 9.02. The normalized spacial score (nSPS) is 10.3. The highest BCUT2D eigenvalue weighted by atomic mass is 79.9. The first kappa shape index (κ1) is 13.8. The van der Waals surface area contributed by atoms with Crippen LogP contribution in [0, 0.1) is 0 Å². The zero-order valence-corrected chi connectivity index (χ0v) is 12.3. The number of aromatic nitrogens is 1. The summed E-state index contributed by atoms with van der Waals surface area (Å²) in [5.74, 6) is -0.615. The molecule has 0 spiro atoms. The van der Waals surface area contributed by atoms with Gasteiger partial charge in [0.25, 0.3) is 0 Å². The van der Waals surface area contributed by atoms with Crippen molar-refractivity contribution in [2.75, 3.05) is 12.8 Å². The lowest BCUT2D eigenvalue weighted by Gasteiger charge is -2.08. The highest BCUT2D eigenvalue weighted by molar-refractivity contribution is 9.10. The number of anilines is 1. The van der Waals surface area contributed by atoms with Crippen LogP contribution in [0.15, 0.2) is 34.8 Å². The van der Waals surface area contributed by atoms with Crippen molar-refractivity contribution in [2.45, 2.75) is 0 Å². The number of nitrogens with two attached hydrogens (primary N) is 1. The zero-order chi connectivity index (χ0) is 14.0. The molecule has 2 N–H and O–H groups in total. The third-order valence-corrected chi connectivity index (χ3v) is 3.43. The number of nitrogen functional groups attached to an aromatic ring is 1. The first-order valence-corrected chi connectivity index (χ1v) is 6.50. The van der Waals surface area contributed by atoms with Crippen LogP contribution in [0.1, 0.15) is 10.5 Å². The fourth-order valence-corrected chi connectivity index (χ4v) is 1.99. The molecule has 2 rings (SSSR count). The summed E-state index contributed by atoms with van der Waals surface area (Å²) >= 11 is 9.31. The molecular formula is C13H10BrClN2O2. The Morgan fingerprint density at radius 3 is 2.58 bits per heavy atom. The molecule has 0 atom stereocenters. The van der Waals surface area contributed by atoms with Crippen molar-refractivity contribution in [2.24, 2.45) is 0 Å². The summed E-state index contributed by atoms with van der Waals surface area (Å²) in [7, 11) is 1.27. The molecule has 0 amide bonds. The molecule has 98 valence electrons. The van der Waals surface area contributed by atoms with Crippen LogP contribution < -0.4 is 5.73 Å². The van der Waals surface area contributed by atoms with E-state index in [1.54, 1.807) is 6.07 Å². The largest absolute Gasteiger partial charge is 0.464 e. The average molecular weight is 342 g/mol. The van der Waals surface area contributed by atoms with Crippen LogP contribution in [-0.2, 0) is 4.74 Å². The van der Waals surface area contributed by atoms with Gasteiger partial charge in [-0.15, -0.1) is 0 Å². The molecule has 0 aliphatic heterocycles. The molecule has 2 aromatic rings. The molecule has 1 heterocycles. The van der Waals surface area contributed by atoms with Crippen LogP contribution in [-0.4, -0.2) is 18.1 Å². The van der Waals surface area contributed by atoms with Crippen molar-refractivity contribution in [3.63, 3.8) is 0 Å². The van der Waals surface area contributed by atoms with Gasteiger partial charge in [0.2, 0.25) is 0 Å². The number of carbonyl (C=O) groups is 1. The maximum absolute atomic E-state index is 11.6. The van der Waals surface area contributed by atoms with E-state index in [0.29, 0.717) is 5.69 Å². The van der Waals surface area contributed by atoms with Crippen LogP contribution in [0.25, 0.3) is 11.3 Å². The number of nitrogens with zero attached hydrogens (tertiary/aromatic N) is 1. The highest BCUT2D eigenvalue weighted by Crippen LogP contribution is 2.28. The minimum atomic E-state index is -0.615. The van der Waals surface area contributed by atoms with Gasteiger partial charge < -0.3 is 10.5 Å².